The zero-order valence-corrected chi connectivity index (χ0v) is 16.2. The molecule has 140 valence electrons. The van der Waals surface area contributed by atoms with Gasteiger partial charge in [-0.2, -0.15) is 0 Å². The lowest BCUT2D eigenvalue weighted by Crippen LogP contribution is -2.26. The van der Waals surface area contributed by atoms with Crippen LogP contribution in [0.15, 0.2) is 30.5 Å². The van der Waals surface area contributed by atoms with E-state index in [1.165, 1.54) is 16.9 Å². The van der Waals surface area contributed by atoms with E-state index in [1.54, 1.807) is 25.4 Å². The van der Waals surface area contributed by atoms with Crippen LogP contribution in [0, 0.1) is 6.92 Å². The Morgan fingerprint density at radius 2 is 2.11 bits per heavy atom. The van der Waals surface area contributed by atoms with Gasteiger partial charge in [-0.1, -0.05) is 17.4 Å². The molecule has 0 bridgehead atoms. The number of nitrogens with one attached hydrogen (secondary N) is 2. The number of methoxy groups -OCH3 is 1. The van der Waals surface area contributed by atoms with Crippen LogP contribution in [0.25, 0.3) is 10.2 Å². The van der Waals surface area contributed by atoms with Crippen LogP contribution >= 0.6 is 11.3 Å². The minimum absolute atomic E-state index is 0.179. The number of ether oxygens (including phenoxy) is 1. The lowest BCUT2D eigenvalue weighted by molar-refractivity contribution is 0.102. The van der Waals surface area contributed by atoms with Gasteiger partial charge in [0, 0.05) is 17.5 Å². The molecule has 1 aliphatic heterocycles. The number of nitrogens with zero attached hydrogens (tertiary/aromatic N) is 2. The van der Waals surface area contributed by atoms with Crippen molar-refractivity contribution in [1.82, 2.24) is 15.3 Å². The summed E-state index contributed by atoms with van der Waals surface area (Å²) >= 11 is 1.52. The SMILES string of the molecule is COc1ccc(C2CCNCC2)c2sc(NC(=O)c3ccnc(C)c3)nc12. The first-order valence-corrected chi connectivity index (χ1v) is 9.89. The summed E-state index contributed by atoms with van der Waals surface area (Å²) < 4.78 is 6.60. The fourth-order valence-electron chi connectivity index (χ4n) is 3.53. The molecular weight excluding hydrogens is 360 g/mol. The number of thiazole rings is 1. The highest BCUT2D eigenvalue weighted by molar-refractivity contribution is 7.22. The maximum atomic E-state index is 12.6. The molecular formula is C20H22N4O2S. The molecule has 0 unspecified atom stereocenters. The van der Waals surface area contributed by atoms with E-state index < -0.39 is 0 Å². The van der Waals surface area contributed by atoms with Crippen molar-refractivity contribution in [2.75, 3.05) is 25.5 Å². The molecule has 0 saturated carbocycles. The third-order valence-corrected chi connectivity index (χ3v) is 5.94. The maximum absolute atomic E-state index is 12.6. The van der Waals surface area contributed by atoms with E-state index in [4.69, 9.17) is 4.74 Å². The predicted molar refractivity (Wildman–Crippen MR) is 108 cm³/mol. The highest BCUT2D eigenvalue weighted by atomic mass is 32.1. The van der Waals surface area contributed by atoms with Gasteiger partial charge in [-0.15, -0.1) is 0 Å². The largest absolute Gasteiger partial charge is 0.494 e. The zero-order valence-electron chi connectivity index (χ0n) is 15.4. The average Bonchev–Trinajstić information content (AvgIpc) is 3.11. The molecule has 2 aromatic heterocycles. The van der Waals surface area contributed by atoms with Gasteiger partial charge < -0.3 is 10.1 Å². The van der Waals surface area contributed by atoms with Gasteiger partial charge in [0.2, 0.25) is 0 Å². The van der Waals surface area contributed by atoms with Gasteiger partial charge in [-0.3, -0.25) is 15.1 Å². The first kappa shape index (κ1) is 17.9. The number of fused-ring (bicyclic) bond motifs is 1. The highest BCUT2D eigenvalue weighted by Crippen LogP contribution is 2.40. The third kappa shape index (κ3) is 3.65. The normalized spacial score (nSPS) is 15.0. The van der Waals surface area contributed by atoms with Gasteiger partial charge in [0.1, 0.15) is 11.3 Å². The number of aryl methyl sites for hydroxylation is 1. The van der Waals surface area contributed by atoms with Gasteiger partial charge in [-0.05, 0) is 62.5 Å². The molecule has 0 atom stereocenters. The Bertz CT molecular complexity index is 979. The number of rotatable bonds is 4. The molecule has 1 aliphatic rings. The topological polar surface area (TPSA) is 76.1 Å². The number of carbonyl (C=O) groups is 1. The van der Waals surface area contributed by atoms with Crippen molar-refractivity contribution in [3.05, 3.63) is 47.3 Å². The first-order valence-electron chi connectivity index (χ1n) is 9.08. The quantitative estimate of drug-likeness (QED) is 0.719. The summed E-state index contributed by atoms with van der Waals surface area (Å²) in [6.45, 7) is 3.93. The van der Waals surface area contributed by atoms with E-state index in [2.05, 4.69) is 26.7 Å². The summed E-state index contributed by atoms with van der Waals surface area (Å²) in [5.74, 6) is 1.06. The van der Waals surface area contributed by atoms with Crippen LogP contribution in [0.3, 0.4) is 0 Å². The monoisotopic (exact) mass is 382 g/mol. The molecule has 3 heterocycles. The van der Waals surface area contributed by atoms with Gasteiger partial charge in [-0.25, -0.2) is 4.98 Å². The van der Waals surface area contributed by atoms with Gasteiger partial charge in [0.15, 0.2) is 5.13 Å². The molecule has 1 saturated heterocycles. The second kappa shape index (κ2) is 7.62. The van der Waals surface area contributed by atoms with Crippen molar-refractivity contribution in [1.29, 1.82) is 0 Å². The average molecular weight is 382 g/mol. The van der Waals surface area contributed by atoms with Crippen LogP contribution in [0.1, 0.15) is 40.4 Å². The standard InChI is InChI=1S/C20H22N4O2S/c1-12-11-14(7-10-22-12)19(25)24-20-23-17-16(26-2)4-3-15(18(17)27-20)13-5-8-21-9-6-13/h3-4,7,10-11,13,21H,5-6,8-9H2,1-2H3,(H,23,24,25). The molecule has 3 aromatic rings. The number of benzene rings is 1. The summed E-state index contributed by atoms with van der Waals surface area (Å²) in [5, 5.41) is 6.93. The molecule has 6 nitrogen and oxygen atoms in total. The van der Waals surface area contributed by atoms with E-state index in [9.17, 15) is 4.79 Å². The number of hydrogen-bond acceptors (Lipinski definition) is 6. The second-order valence-electron chi connectivity index (χ2n) is 6.72. The summed E-state index contributed by atoms with van der Waals surface area (Å²) in [6, 6.07) is 7.60. The summed E-state index contributed by atoms with van der Waals surface area (Å²) in [6.07, 6.45) is 3.86. The van der Waals surface area contributed by atoms with Crippen molar-refractivity contribution in [2.24, 2.45) is 0 Å². The van der Waals surface area contributed by atoms with Crippen molar-refractivity contribution in [3.63, 3.8) is 0 Å². The van der Waals surface area contributed by atoms with Gasteiger partial charge in [0.25, 0.3) is 5.91 Å². The van der Waals surface area contributed by atoms with E-state index in [0.29, 0.717) is 16.6 Å². The fraction of sp³-hybridized carbons (Fsp3) is 0.350. The van der Waals surface area contributed by atoms with E-state index in [-0.39, 0.29) is 5.91 Å². The summed E-state index contributed by atoms with van der Waals surface area (Å²) in [7, 11) is 1.65. The summed E-state index contributed by atoms with van der Waals surface area (Å²) in [4.78, 5) is 21.4. The minimum Gasteiger partial charge on any atom is -0.494 e. The number of anilines is 1. The van der Waals surface area contributed by atoms with E-state index in [0.717, 1.165) is 47.6 Å². The molecule has 1 aromatic carbocycles. The Morgan fingerprint density at radius 3 is 2.85 bits per heavy atom. The number of pyridine rings is 1. The minimum atomic E-state index is -0.179. The van der Waals surface area contributed by atoms with Crippen molar-refractivity contribution < 1.29 is 9.53 Å². The van der Waals surface area contributed by atoms with Crippen LogP contribution in [0.5, 0.6) is 5.75 Å². The van der Waals surface area contributed by atoms with E-state index in [1.807, 2.05) is 13.0 Å². The molecule has 1 amide bonds. The lowest BCUT2D eigenvalue weighted by Gasteiger charge is -2.23. The third-order valence-electron chi connectivity index (χ3n) is 4.92. The van der Waals surface area contributed by atoms with Crippen molar-refractivity contribution in [3.8, 4) is 5.75 Å². The van der Waals surface area contributed by atoms with Crippen molar-refractivity contribution >= 4 is 32.6 Å². The van der Waals surface area contributed by atoms with Crippen LogP contribution in [-0.4, -0.2) is 36.1 Å². The highest BCUT2D eigenvalue weighted by Gasteiger charge is 2.22. The number of piperidine rings is 1. The van der Waals surface area contributed by atoms with Crippen LogP contribution in [0.2, 0.25) is 0 Å². The molecule has 4 rings (SSSR count). The molecule has 7 heteroatoms. The Balaban J connectivity index is 1.68. The number of aromatic nitrogens is 2. The fourth-order valence-corrected chi connectivity index (χ4v) is 4.60. The van der Waals surface area contributed by atoms with Crippen molar-refractivity contribution in [2.45, 2.75) is 25.7 Å². The molecule has 0 spiro atoms. The summed E-state index contributed by atoms with van der Waals surface area (Å²) in [5.41, 5.74) is 3.50. The Morgan fingerprint density at radius 1 is 1.30 bits per heavy atom. The maximum Gasteiger partial charge on any atom is 0.257 e. The van der Waals surface area contributed by atoms with Crippen LogP contribution < -0.4 is 15.4 Å². The van der Waals surface area contributed by atoms with Gasteiger partial charge >= 0.3 is 0 Å². The number of hydrogen-bond donors (Lipinski definition) is 2. The molecule has 27 heavy (non-hydrogen) atoms. The molecule has 2 N–H and O–H groups in total. The molecule has 1 fully saturated rings. The molecule has 0 radical (unpaired) electrons. The van der Waals surface area contributed by atoms with Gasteiger partial charge in [0.05, 0.1) is 11.8 Å². The molecule has 0 aliphatic carbocycles. The zero-order chi connectivity index (χ0) is 18.8. The number of amides is 1. The Hall–Kier alpha value is -2.51. The Kier molecular flexibility index (Phi) is 5.05. The van der Waals surface area contributed by atoms with Crippen LogP contribution in [0.4, 0.5) is 5.13 Å². The lowest BCUT2D eigenvalue weighted by atomic mass is 9.90. The smallest absolute Gasteiger partial charge is 0.257 e. The van der Waals surface area contributed by atoms with E-state index >= 15 is 0 Å². The first-order chi connectivity index (χ1) is 13.2. The van der Waals surface area contributed by atoms with Crippen LogP contribution in [-0.2, 0) is 0 Å². The second-order valence-corrected chi connectivity index (χ2v) is 7.72. The Labute approximate surface area is 162 Å². The predicted octanol–water partition coefficient (Wildman–Crippen LogP) is 3.73. The number of carbonyl (C=O) groups excluding carboxylic acids is 1.